The summed E-state index contributed by atoms with van der Waals surface area (Å²) in [5.41, 5.74) is 0. The number of aliphatic hydroxyl groups excluding tert-OH is 1. The van der Waals surface area contributed by atoms with E-state index in [1.807, 2.05) is 26.0 Å². The van der Waals surface area contributed by atoms with Crippen molar-refractivity contribution in [2.45, 2.75) is 70.0 Å². The van der Waals surface area contributed by atoms with Crippen molar-refractivity contribution in [3.05, 3.63) is 60.7 Å². The molecule has 2 saturated heterocycles. The predicted molar refractivity (Wildman–Crippen MR) is 118 cm³/mol. The van der Waals surface area contributed by atoms with Gasteiger partial charge in [0.15, 0.2) is 12.1 Å². The minimum absolute atomic E-state index is 0.135. The Morgan fingerprint density at radius 2 is 1.47 bits per heavy atom. The summed E-state index contributed by atoms with van der Waals surface area (Å²) in [6.07, 6.45) is -2.36. The summed E-state index contributed by atoms with van der Waals surface area (Å²) < 4.78 is 24.5. The average Bonchev–Trinajstić information content (AvgIpc) is 3.15. The standard InChI is InChI=1S/C24H32O5Si/c1-23(2,3)30(17-12-8-6-9-13-17,18-14-10-7-11-15-18)26-16-19-20(25)21-22(27-19)29-24(4,5)28-21/h6-15,19-22,25H,16H2,1-5H3/t19-,20+,21-,22?/m1/s1. The van der Waals surface area contributed by atoms with Crippen molar-refractivity contribution in [1.82, 2.24) is 0 Å². The molecule has 1 N–H and O–H groups in total. The van der Waals surface area contributed by atoms with Gasteiger partial charge in [-0.25, -0.2) is 0 Å². The van der Waals surface area contributed by atoms with Crippen LogP contribution in [-0.4, -0.2) is 50.4 Å². The van der Waals surface area contributed by atoms with Crippen LogP contribution in [0, 0.1) is 0 Å². The molecule has 0 aliphatic carbocycles. The Bertz CT molecular complexity index is 809. The van der Waals surface area contributed by atoms with E-state index < -0.39 is 38.7 Å². The van der Waals surface area contributed by atoms with Gasteiger partial charge in [-0.2, -0.15) is 0 Å². The first-order valence-electron chi connectivity index (χ1n) is 10.6. The number of aliphatic hydroxyl groups is 1. The largest absolute Gasteiger partial charge is 0.405 e. The van der Waals surface area contributed by atoms with Crippen LogP contribution in [-0.2, 0) is 18.6 Å². The van der Waals surface area contributed by atoms with E-state index in [1.54, 1.807) is 0 Å². The number of ether oxygens (including phenoxy) is 3. The second-order valence-corrected chi connectivity index (χ2v) is 13.9. The van der Waals surface area contributed by atoms with Crippen LogP contribution < -0.4 is 10.4 Å². The first-order valence-corrected chi connectivity index (χ1v) is 12.5. The zero-order valence-electron chi connectivity index (χ0n) is 18.4. The molecule has 1 unspecified atom stereocenters. The van der Waals surface area contributed by atoms with E-state index in [0.717, 1.165) is 0 Å². The summed E-state index contributed by atoms with van der Waals surface area (Å²) in [5, 5.41) is 13.1. The molecule has 0 bridgehead atoms. The average molecular weight is 429 g/mol. The van der Waals surface area contributed by atoms with Crippen molar-refractivity contribution in [2.24, 2.45) is 0 Å². The minimum Gasteiger partial charge on any atom is -0.405 e. The molecule has 0 aromatic heterocycles. The molecule has 2 aromatic carbocycles. The molecule has 162 valence electrons. The molecule has 2 heterocycles. The van der Waals surface area contributed by atoms with Gasteiger partial charge in [0.2, 0.25) is 0 Å². The van der Waals surface area contributed by atoms with Gasteiger partial charge in [-0.05, 0) is 29.3 Å². The fourth-order valence-corrected chi connectivity index (χ4v) is 9.23. The Labute approximate surface area is 180 Å². The third kappa shape index (κ3) is 3.77. The summed E-state index contributed by atoms with van der Waals surface area (Å²) in [5.74, 6) is -0.750. The Hall–Kier alpha value is -1.54. The Kier molecular flexibility index (Phi) is 5.68. The van der Waals surface area contributed by atoms with Crippen LogP contribution in [0.1, 0.15) is 34.6 Å². The molecule has 4 rings (SSSR count). The third-order valence-corrected chi connectivity index (χ3v) is 11.0. The highest BCUT2D eigenvalue weighted by molar-refractivity contribution is 6.99. The van der Waals surface area contributed by atoms with Gasteiger partial charge in [0.05, 0.1) is 6.61 Å². The van der Waals surface area contributed by atoms with Crippen molar-refractivity contribution in [3.8, 4) is 0 Å². The number of rotatable bonds is 5. The van der Waals surface area contributed by atoms with E-state index >= 15 is 0 Å². The van der Waals surface area contributed by atoms with Gasteiger partial charge in [0.1, 0.15) is 18.3 Å². The SMILES string of the molecule is CC1(C)OC2O[C@H](CO[Si](c3ccccc3)(c3ccccc3)C(C)(C)C)[C@H](O)[C@H]2O1. The lowest BCUT2D eigenvalue weighted by Gasteiger charge is -2.43. The molecule has 0 saturated carbocycles. The molecule has 0 radical (unpaired) electrons. The van der Waals surface area contributed by atoms with E-state index in [1.165, 1.54) is 10.4 Å². The second-order valence-electron chi connectivity index (χ2n) is 9.61. The van der Waals surface area contributed by atoms with Crippen molar-refractivity contribution in [3.63, 3.8) is 0 Å². The zero-order chi connectivity index (χ0) is 21.6. The molecule has 2 aromatic rings. The van der Waals surface area contributed by atoms with E-state index in [4.69, 9.17) is 18.6 Å². The summed E-state index contributed by atoms with van der Waals surface area (Å²) >= 11 is 0. The van der Waals surface area contributed by atoms with Crippen LogP contribution in [0.4, 0.5) is 0 Å². The van der Waals surface area contributed by atoms with Crippen molar-refractivity contribution in [1.29, 1.82) is 0 Å². The predicted octanol–water partition coefficient (Wildman–Crippen LogP) is 2.80. The molecule has 0 amide bonds. The van der Waals surface area contributed by atoms with E-state index in [9.17, 15) is 5.11 Å². The molecule has 2 aliphatic rings. The van der Waals surface area contributed by atoms with E-state index in [-0.39, 0.29) is 11.6 Å². The molecule has 5 nitrogen and oxygen atoms in total. The highest BCUT2D eigenvalue weighted by atomic mass is 28.4. The van der Waals surface area contributed by atoms with Crippen molar-refractivity contribution < 1.29 is 23.7 Å². The van der Waals surface area contributed by atoms with Crippen molar-refractivity contribution in [2.75, 3.05) is 6.61 Å². The smallest absolute Gasteiger partial charge is 0.261 e. The van der Waals surface area contributed by atoms with Gasteiger partial charge in [0, 0.05) is 0 Å². The number of hydrogen-bond acceptors (Lipinski definition) is 5. The highest BCUT2D eigenvalue weighted by Gasteiger charge is 2.56. The molecular weight excluding hydrogens is 396 g/mol. The zero-order valence-corrected chi connectivity index (χ0v) is 19.4. The quantitative estimate of drug-likeness (QED) is 0.742. The number of fused-ring (bicyclic) bond motifs is 1. The lowest BCUT2D eigenvalue weighted by Crippen LogP contribution is -2.67. The highest BCUT2D eigenvalue weighted by Crippen LogP contribution is 2.40. The Balaban J connectivity index is 1.65. The first kappa shape index (κ1) is 21.7. The van der Waals surface area contributed by atoms with Gasteiger partial charge in [-0.3, -0.25) is 0 Å². The van der Waals surface area contributed by atoms with Crippen LogP contribution in [0.2, 0.25) is 5.04 Å². The fraction of sp³-hybridized carbons (Fsp3) is 0.500. The van der Waals surface area contributed by atoms with Gasteiger partial charge in [-0.15, -0.1) is 0 Å². The summed E-state index contributed by atoms with van der Waals surface area (Å²) in [7, 11) is -2.68. The molecule has 4 atom stereocenters. The monoisotopic (exact) mass is 428 g/mol. The maximum absolute atomic E-state index is 10.8. The van der Waals surface area contributed by atoms with Gasteiger partial charge in [0.25, 0.3) is 8.32 Å². The van der Waals surface area contributed by atoms with E-state index in [0.29, 0.717) is 0 Å². The van der Waals surface area contributed by atoms with Gasteiger partial charge < -0.3 is 23.7 Å². The Morgan fingerprint density at radius 1 is 0.933 bits per heavy atom. The van der Waals surface area contributed by atoms with Crippen LogP contribution in [0.5, 0.6) is 0 Å². The first-order chi connectivity index (χ1) is 14.1. The lowest BCUT2D eigenvalue weighted by molar-refractivity contribution is -0.217. The van der Waals surface area contributed by atoms with Crippen LogP contribution in [0.3, 0.4) is 0 Å². The van der Waals surface area contributed by atoms with Gasteiger partial charge >= 0.3 is 0 Å². The maximum Gasteiger partial charge on any atom is 0.261 e. The van der Waals surface area contributed by atoms with Crippen LogP contribution >= 0.6 is 0 Å². The molecule has 2 aliphatic heterocycles. The summed E-state index contributed by atoms with van der Waals surface area (Å²) in [4.78, 5) is 0. The van der Waals surface area contributed by atoms with E-state index in [2.05, 4.69) is 69.3 Å². The molecule has 2 fully saturated rings. The summed E-state index contributed by atoms with van der Waals surface area (Å²) in [6, 6.07) is 20.9. The lowest BCUT2D eigenvalue weighted by atomic mass is 10.1. The minimum atomic E-state index is -2.68. The molecule has 0 spiro atoms. The van der Waals surface area contributed by atoms with Crippen LogP contribution in [0.15, 0.2) is 60.7 Å². The maximum atomic E-state index is 10.8. The second kappa shape index (κ2) is 7.86. The van der Waals surface area contributed by atoms with Gasteiger partial charge in [-0.1, -0.05) is 81.4 Å². The van der Waals surface area contributed by atoms with Crippen molar-refractivity contribution >= 4 is 18.7 Å². The molecule has 30 heavy (non-hydrogen) atoms. The molecular formula is C24H32O5Si. The summed E-state index contributed by atoms with van der Waals surface area (Å²) in [6.45, 7) is 10.6. The third-order valence-electron chi connectivity index (χ3n) is 6.00. The molecule has 6 heteroatoms. The van der Waals surface area contributed by atoms with Crippen LogP contribution in [0.25, 0.3) is 0 Å². The Morgan fingerprint density at radius 3 is 1.93 bits per heavy atom. The fourth-order valence-electron chi connectivity index (χ4n) is 4.66. The topological polar surface area (TPSA) is 57.2 Å². The normalized spacial score (nSPS) is 28.5. The number of benzene rings is 2. The number of hydrogen-bond donors (Lipinski definition) is 1.